The molecule has 0 aliphatic heterocycles. The zero-order valence-corrected chi connectivity index (χ0v) is 8.24. The maximum Gasteiger partial charge on any atom is 0.0948 e. The molecule has 0 saturated carbocycles. The molecule has 0 N–H and O–H groups in total. The third-order valence-electron chi connectivity index (χ3n) is 1.54. The van der Waals surface area contributed by atoms with Crippen molar-refractivity contribution in [2.24, 2.45) is 7.05 Å². The second-order valence-electron chi connectivity index (χ2n) is 2.78. The minimum atomic E-state index is 0.847. The Morgan fingerprint density at radius 3 is 2.29 bits per heavy atom. The van der Waals surface area contributed by atoms with Crippen molar-refractivity contribution in [3.63, 3.8) is 0 Å². The van der Waals surface area contributed by atoms with Crippen molar-refractivity contribution >= 4 is 0 Å². The van der Waals surface area contributed by atoms with Crippen LogP contribution in [0.2, 0.25) is 0 Å². The Hall–Kier alpha value is -1.84. The van der Waals surface area contributed by atoms with Gasteiger partial charge in [-0.1, -0.05) is 6.08 Å². The summed E-state index contributed by atoms with van der Waals surface area (Å²) in [5.41, 5.74) is 0. The number of imidazole rings is 2. The highest BCUT2D eigenvalue weighted by Crippen LogP contribution is 1.83. The summed E-state index contributed by atoms with van der Waals surface area (Å²) in [6.07, 6.45) is 12.6. The van der Waals surface area contributed by atoms with Crippen LogP contribution < -0.4 is 0 Å². The molecule has 2 rings (SSSR count). The molecule has 0 aromatic carbocycles. The Morgan fingerprint density at radius 2 is 1.93 bits per heavy atom. The van der Waals surface area contributed by atoms with Crippen LogP contribution in [0.5, 0.6) is 0 Å². The number of allylic oxidation sites excluding steroid dienone is 1. The molecule has 0 bridgehead atoms. The molecular formula is C10H14N4. The van der Waals surface area contributed by atoms with E-state index in [4.69, 9.17) is 0 Å². The van der Waals surface area contributed by atoms with E-state index in [2.05, 4.69) is 16.5 Å². The van der Waals surface area contributed by atoms with Crippen LogP contribution >= 0.6 is 0 Å². The predicted molar refractivity (Wildman–Crippen MR) is 55.6 cm³/mol. The lowest BCUT2D eigenvalue weighted by atomic mass is 10.6. The van der Waals surface area contributed by atoms with Gasteiger partial charge in [0.1, 0.15) is 0 Å². The molecule has 14 heavy (non-hydrogen) atoms. The van der Waals surface area contributed by atoms with Crippen LogP contribution in [-0.4, -0.2) is 19.1 Å². The summed E-state index contributed by atoms with van der Waals surface area (Å²) in [4.78, 5) is 7.64. The molecule has 0 unspecified atom stereocenters. The number of nitrogens with zero attached hydrogens (tertiary/aromatic N) is 4. The van der Waals surface area contributed by atoms with Crippen molar-refractivity contribution in [3.8, 4) is 0 Å². The fourth-order valence-corrected chi connectivity index (χ4v) is 0.870. The monoisotopic (exact) mass is 190 g/mol. The summed E-state index contributed by atoms with van der Waals surface area (Å²) in [6, 6.07) is 0. The van der Waals surface area contributed by atoms with Crippen LogP contribution in [0.1, 0.15) is 0 Å². The Balaban J connectivity index is 0.000000146. The zero-order valence-electron chi connectivity index (χ0n) is 8.24. The van der Waals surface area contributed by atoms with Gasteiger partial charge in [-0.05, 0) is 0 Å². The highest BCUT2D eigenvalue weighted by Gasteiger charge is 1.79. The van der Waals surface area contributed by atoms with Crippen molar-refractivity contribution in [2.75, 3.05) is 0 Å². The highest BCUT2D eigenvalue weighted by atomic mass is 15.0. The molecule has 0 radical (unpaired) electrons. The van der Waals surface area contributed by atoms with E-state index in [1.54, 1.807) is 25.0 Å². The Bertz CT molecular complexity index is 334. The number of rotatable bonds is 2. The van der Waals surface area contributed by atoms with Crippen LogP contribution in [0.4, 0.5) is 0 Å². The molecule has 2 aromatic rings. The second kappa shape index (κ2) is 5.75. The average molecular weight is 190 g/mol. The summed E-state index contributed by atoms with van der Waals surface area (Å²) in [7, 11) is 1.94. The zero-order chi connectivity index (χ0) is 10.2. The molecule has 2 heterocycles. The first-order chi connectivity index (χ1) is 6.83. The molecule has 0 spiro atoms. The Labute approximate surface area is 83.5 Å². The molecule has 74 valence electrons. The fourth-order valence-electron chi connectivity index (χ4n) is 0.870. The van der Waals surface area contributed by atoms with Gasteiger partial charge in [-0.2, -0.15) is 0 Å². The Kier molecular flexibility index (Phi) is 4.20. The summed E-state index contributed by atoms with van der Waals surface area (Å²) in [5, 5.41) is 0. The lowest BCUT2D eigenvalue weighted by molar-refractivity contribution is 0.822. The van der Waals surface area contributed by atoms with Crippen LogP contribution in [0.3, 0.4) is 0 Å². The van der Waals surface area contributed by atoms with Gasteiger partial charge >= 0.3 is 0 Å². The standard InChI is InChI=1S/C6H8N2.C4H6N2/c1-2-4-8-5-3-7-6-8;1-6-3-2-5-4-6/h2-3,5-6H,1,4H2;2-4H,1H3. The van der Waals surface area contributed by atoms with E-state index < -0.39 is 0 Å². The van der Waals surface area contributed by atoms with Gasteiger partial charge in [-0.25, -0.2) is 9.97 Å². The lowest BCUT2D eigenvalue weighted by Gasteiger charge is -1.89. The first kappa shape index (κ1) is 10.2. The van der Waals surface area contributed by atoms with Gasteiger partial charge < -0.3 is 9.13 Å². The number of aromatic nitrogens is 4. The van der Waals surface area contributed by atoms with E-state index in [1.165, 1.54) is 0 Å². The molecule has 0 fully saturated rings. The number of hydrogen-bond donors (Lipinski definition) is 0. The molecule has 2 aromatic heterocycles. The minimum absolute atomic E-state index is 0.847. The van der Waals surface area contributed by atoms with Crippen LogP contribution in [0.15, 0.2) is 50.1 Å². The summed E-state index contributed by atoms with van der Waals surface area (Å²) < 4.78 is 3.84. The maximum atomic E-state index is 3.86. The van der Waals surface area contributed by atoms with E-state index in [1.807, 2.05) is 34.7 Å². The van der Waals surface area contributed by atoms with Crippen LogP contribution in [0, 0.1) is 0 Å². The molecular weight excluding hydrogens is 176 g/mol. The van der Waals surface area contributed by atoms with Gasteiger partial charge in [-0.3, -0.25) is 0 Å². The van der Waals surface area contributed by atoms with Crippen molar-refractivity contribution in [3.05, 3.63) is 50.1 Å². The maximum absolute atomic E-state index is 3.86. The molecule has 4 heteroatoms. The van der Waals surface area contributed by atoms with Gasteiger partial charge in [-0.15, -0.1) is 6.58 Å². The number of aryl methyl sites for hydroxylation is 1. The third kappa shape index (κ3) is 3.71. The van der Waals surface area contributed by atoms with Crippen molar-refractivity contribution in [1.82, 2.24) is 19.1 Å². The number of hydrogen-bond acceptors (Lipinski definition) is 2. The normalized spacial score (nSPS) is 8.93. The topological polar surface area (TPSA) is 35.6 Å². The van der Waals surface area contributed by atoms with Crippen molar-refractivity contribution in [1.29, 1.82) is 0 Å². The summed E-state index contributed by atoms with van der Waals surface area (Å²) >= 11 is 0. The van der Waals surface area contributed by atoms with Crippen LogP contribution in [0.25, 0.3) is 0 Å². The van der Waals surface area contributed by atoms with Crippen molar-refractivity contribution in [2.45, 2.75) is 6.54 Å². The molecule has 0 saturated heterocycles. The SMILES string of the molecule is C=CCn1ccnc1.Cn1ccnc1. The lowest BCUT2D eigenvalue weighted by Crippen LogP contribution is -1.87. The van der Waals surface area contributed by atoms with E-state index in [9.17, 15) is 0 Å². The molecule has 0 atom stereocenters. The molecule has 0 amide bonds. The van der Waals surface area contributed by atoms with E-state index >= 15 is 0 Å². The summed E-state index contributed by atoms with van der Waals surface area (Å²) in [5.74, 6) is 0. The highest BCUT2D eigenvalue weighted by molar-refractivity contribution is 4.78. The second-order valence-corrected chi connectivity index (χ2v) is 2.78. The van der Waals surface area contributed by atoms with Gasteiger partial charge in [0.2, 0.25) is 0 Å². The predicted octanol–water partition coefficient (Wildman–Crippen LogP) is 1.49. The molecule has 4 nitrogen and oxygen atoms in total. The average Bonchev–Trinajstić information content (AvgIpc) is 2.79. The fraction of sp³-hybridized carbons (Fsp3) is 0.200. The molecule has 0 aliphatic carbocycles. The minimum Gasteiger partial charge on any atom is -0.341 e. The van der Waals surface area contributed by atoms with E-state index in [-0.39, 0.29) is 0 Å². The van der Waals surface area contributed by atoms with E-state index in [0.717, 1.165) is 6.54 Å². The van der Waals surface area contributed by atoms with E-state index in [0.29, 0.717) is 0 Å². The molecule has 0 aliphatic rings. The first-order valence-corrected chi connectivity index (χ1v) is 4.31. The third-order valence-corrected chi connectivity index (χ3v) is 1.54. The first-order valence-electron chi connectivity index (χ1n) is 4.31. The Morgan fingerprint density at radius 1 is 1.21 bits per heavy atom. The van der Waals surface area contributed by atoms with Crippen LogP contribution in [-0.2, 0) is 13.6 Å². The smallest absolute Gasteiger partial charge is 0.0948 e. The van der Waals surface area contributed by atoms with Crippen molar-refractivity contribution < 1.29 is 0 Å². The van der Waals surface area contributed by atoms with Gasteiger partial charge in [0, 0.05) is 38.4 Å². The van der Waals surface area contributed by atoms with Gasteiger partial charge in [0.15, 0.2) is 0 Å². The quantitative estimate of drug-likeness (QED) is 0.672. The summed E-state index contributed by atoms with van der Waals surface area (Å²) in [6.45, 7) is 4.43. The van der Waals surface area contributed by atoms with Gasteiger partial charge in [0.25, 0.3) is 0 Å². The van der Waals surface area contributed by atoms with Gasteiger partial charge in [0.05, 0.1) is 12.7 Å². The largest absolute Gasteiger partial charge is 0.341 e.